The Morgan fingerprint density at radius 1 is 1.21 bits per heavy atom. The lowest BCUT2D eigenvalue weighted by atomic mass is 10.2. The molecule has 1 aromatic carbocycles. The van der Waals surface area contributed by atoms with E-state index in [1.807, 2.05) is 0 Å². The van der Waals surface area contributed by atoms with Gasteiger partial charge in [0.15, 0.2) is 0 Å². The molecular weight excluding hydrogens is 325 g/mol. The zero-order chi connectivity index (χ0) is 17.3. The van der Waals surface area contributed by atoms with E-state index in [4.69, 9.17) is 4.74 Å². The number of hydrogen-bond acceptors (Lipinski definition) is 4. The van der Waals surface area contributed by atoms with Gasteiger partial charge in [0.2, 0.25) is 0 Å². The maximum absolute atomic E-state index is 12.4. The van der Waals surface area contributed by atoms with Gasteiger partial charge in [0.05, 0.1) is 18.4 Å². The van der Waals surface area contributed by atoms with Crippen LogP contribution >= 0.6 is 0 Å². The average Bonchev–Trinajstić information content (AvgIpc) is 2.96. The van der Waals surface area contributed by atoms with Crippen molar-refractivity contribution in [2.24, 2.45) is 0 Å². The van der Waals surface area contributed by atoms with Gasteiger partial charge < -0.3 is 14.0 Å². The van der Waals surface area contributed by atoms with Crippen LogP contribution in [0.1, 0.15) is 10.4 Å². The third-order valence-corrected chi connectivity index (χ3v) is 3.32. The highest BCUT2D eigenvalue weighted by Crippen LogP contribution is 2.27. The third-order valence-electron chi connectivity index (χ3n) is 3.32. The smallest absolute Gasteiger partial charge is 0.465 e. The topological polar surface area (TPSA) is 53.3 Å². The molecule has 0 atom stereocenters. The number of aromatic nitrogens is 2. The van der Waals surface area contributed by atoms with E-state index in [9.17, 15) is 18.0 Å². The minimum Gasteiger partial charge on any atom is -0.465 e. The van der Waals surface area contributed by atoms with Gasteiger partial charge in [-0.15, -0.1) is 13.2 Å². The number of methoxy groups -OCH3 is 1. The monoisotopic (exact) mass is 336 g/mol. The highest BCUT2D eigenvalue weighted by molar-refractivity contribution is 6.03. The fraction of sp³-hybridized carbons (Fsp3) is 0.125. The maximum atomic E-state index is 12.4. The summed E-state index contributed by atoms with van der Waals surface area (Å²) in [5.41, 5.74) is 1.16. The Balaban J connectivity index is 2.08. The molecule has 0 aliphatic heterocycles. The molecule has 2 aromatic heterocycles. The van der Waals surface area contributed by atoms with Crippen LogP contribution in [0.2, 0.25) is 0 Å². The van der Waals surface area contributed by atoms with Gasteiger partial charge in [0.25, 0.3) is 0 Å². The summed E-state index contributed by atoms with van der Waals surface area (Å²) in [6, 6.07) is 8.64. The summed E-state index contributed by atoms with van der Waals surface area (Å²) in [6.45, 7) is 0. The van der Waals surface area contributed by atoms with E-state index in [-0.39, 0.29) is 5.75 Å². The summed E-state index contributed by atoms with van der Waals surface area (Å²) in [4.78, 5) is 16.0. The zero-order valence-corrected chi connectivity index (χ0v) is 12.4. The highest BCUT2D eigenvalue weighted by Gasteiger charge is 2.31. The first kappa shape index (κ1) is 15.9. The molecule has 124 valence electrons. The van der Waals surface area contributed by atoms with Crippen LogP contribution in [-0.2, 0) is 4.74 Å². The molecule has 24 heavy (non-hydrogen) atoms. The van der Waals surface area contributed by atoms with E-state index in [1.54, 1.807) is 22.9 Å². The van der Waals surface area contributed by atoms with E-state index in [1.165, 1.54) is 37.6 Å². The molecule has 0 N–H and O–H groups in total. The Labute approximate surface area is 134 Å². The second-order valence-electron chi connectivity index (χ2n) is 4.82. The standard InChI is InChI=1S/C16H11F3N2O3/c1-23-15(22)13-5-7-20-14-12(13)6-8-21(14)10-3-2-4-11(9-10)24-16(17,18)19/h2-9H,1H3. The van der Waals surface area contributed by atoms with Crippen molar-refractivity contribution in [1.29, 1.82) is 0 Å². The summed E-state index contributed by atoms with van der Waals surface area (Å²) in [6.07, 6.45) is -1.73. The summed E-state index contributed by atoms with van der Waals surface area (Å²) in [5, 5.41) is 0.534. The van der Waals surface area contributed by atoms with Gasteiger partial charge >= 0.3 is 12.3 Å². The number of rotatable bonds is 3. The predicted molar refractivity (Wildman–Crippen MR) is 79.1 cm³/mol. The van der Waals surface area contributed by atoms with Crippen molar-refractivity contribution >= 4 is 17.0 Å². The molecular formula is C16H11F3N2O3. The number of halogens is 3. The number of alkyl halides is 3. The minimum absolute atomic E-state index is 0.323. The molecule has 3 aromatic rings. The molecule has 0 aliphatic rings. The Morgan fingerprint density at radius 3 is 2.71 bits per heavy atom. The van der Waals surface area contributed by atoms with E-state index in [0.29, 0.717) is 22.3 Å². The van der Waals surface area contributed by atoms with E-state index in [0.717, 1.165) is 0 Å². The van der Waals surface area contributed by atoms with Crippen LogP contribution in [0.25, 0.3) is 16.7 Å². The number of carbonyl (C=O) groups excluding carboxylic acids is 1. The first-order valence-electron chi connectivity index (χ1n) is 6.79. The molecule has 2 heterocycles. The second kappa shape index (κ2) is 5.88. The van der Waals surface area contributed by atoms with Crippen molar-refractivity contribution in [3.05, 3.63) is 54.4 Å². The summed E-state index contributed by atoms with van der Waals surface area (Å²) in [7, 11) is 1.27. The van der Waals surface area contributed by atoms with Crippen LogP contribution in [0.4, 0.5) is 13.2 Å². The molecule has 0 saturated heterocycles. The van der Waals surface area contributed by atoms with Gasteiger partial charge in [0, 0.05) is 23.8 Å². The fourth-order valence-electron chi connectivity index (χ4n) is 2.36. The van der Waals surface area contributed by atoms with Crippen LogP contribution < -0.4 is 4.74 Å². The molecule has 0 saturated carbocycles. The van der Waals surface area contributed by atoms with Gasteiger partial charge in [-0.1, -0.05) is 6.07 Å². The number of esters is 1. The molecule has 0 spiro atoms. The summed E-state index contributed by atoms with van der Waals surface area (Å²) >= 11 is 0. The van der Waals surface area contributed by atoms with Crippen LogP contribution in [-0.4, -0.2) is 29.0 Å². The Kier molecular flexibility index (Phi) is 3.88. The zero-order valence-electron chi connectivity index (χ0n) is 12.4. The molecule has 0 aliphatic carbocycles. The van der Waals surface area contributed by atoms with E-state index in [2.05, 4.69) is 9.72 Å². The van der Waals surface area contributed by atoms with Gasteiger partial charge in [-0.25, -0.2) is 9.78 Å². The third kappa shape index (κ3) is 3.03. The molecule has 0 radical (unpaired) electrons. The number of nitrogens with zero attached hydrogens (tertiary/aromatic N) is 2. The van der Waals surface area contributed by atoms with Crippen molar-refractivity contribution in [3.63, 3.8) is 0 Å². The number of fused-ring (bicyclic) bond motifs is 1. The predicted octanol–water partition coefficient (Wildman–Crippen LogP) is 3.71. The van der Waals surface area contributed by atoms with Crippen molar-refractivity contribution in [3.8, 4) is 11.4 Å². The van der Waals surface area contributed by atoms with E-state index >= 15 is 0 Å². The van der Waals surface area contributed by atoms with Gasteiger partial charge in [-0.3, -0.25) is 0 Å². The Hall–Kier alpha value is -3.03. The lowest BCUT2D eigenvalue weighted by molar-refractivity contribution is -0.274. The summed E-state index contributed by atoms with van der Waals surface area (Å²) < 4.78 is 47.3. The molecule has 0 fully saturated rings. The van der Waals surface area contributed by atoms with Crippen molar-refractivity contribution in [2.75, 3.05) is 7.11 Å². The SMILES string of the molecule is COC(=O)c1ccnc2c1ccn2-c1cccc(OC(F)(F)F)c1. The number of ether oxygens (including phenoxy) is 2. The van der Waals surface area contributed by atoms with Crippen LogP contribution in [0.5, 0.6) is 5.75 Å². The number of hydrogen-bond donors (Lipinski definition) is 0. The molecule has 0 amide bonds. The quantitative estimate of drug-likeness (QED) is 0.684. The van der Waals surface area contributed by atoms with Gasteiger partial charge in [0.1, 0.15) is 11.4 Å². The summed E-state index contributed by atoms with van der Waals surface area (Å²) in [5.74, 6) is -0.861. The first-order valence-corrected chi connectivity index (χ1v) is 6.79. The van der Waals surface area contributed by atoms with E-state index < -0.39 is 12.3 Å². The molecule has 0 unspecified atom stereocenters. The maximum Gasteiger partial charge on any atom is 0.573 e. The van der Waals surface area contributed by atoms with Crippen LogP contribution in [0, 0.1) is 0 Å². The minimum atomic E-state index is -4.77. The second-order valence-corrected chi connectivity index (χ2v) is 4.82. The fourth-order valence-corrected chi connectivity index (χ4v) is 2.36. The molecule has 3 rings (SSSR count). The van der Waals surface area contributed by atoms with Crippen LogP contribution in [0.3, 0.4) is 0 Å². The number of pyridine rings is 1. The molecule has 5 nitrogen and oxygen atoms in total. The molecule has 8 heteroatoms. The number of benzene rings is 1. The van der Waals surface area contributed by atoms with Crippen molar-refractivity contribution in [1.82, 2.24) is 9.55 Å². The number of carbonyl (C=O) groups is 1. The Morgan fingerprint density at radius 2 is 2.00 bits per heavy atom. The van der Waals surface area contributed by atoms with Crippen LogP contribution in [0.15, 0.2) is 48.8 Å². The largest absolute Gasteiger partial charge is 0.573 e. The first-order chi connectivity index (χ1) is 11.4. The van der Waals surface area contributed by atoms with Gasteiger partial charge in [-0.2, -0.15) is 0 Å². The van der Waals surface area contributed by atoms with Crippen molar-refractivity contribution in [2.45, 2.75) is 6.36 Å². The Bertz CT molecular complexity index is 903. The van der Waals surface area contributed by atoms with Crippen molar-refractivity contribution < 1.29 is 27.4 Å². The molecule has 0 bridgehead atoms. The average molecular weight is 336 g/mol. The normalized spacial score (nSPS) is 11.5. The highest BCUT2D eigenvalue weighted by atomic mass is 19.4. The lowest BCUT2D eigenvalue weighted by Crippen LogP contribution is -2.17. The lowest BCUT2D eigenvalue weighted by Gasteiger charge is -2.11. The van der Waals surface area contributed by atoms with Gasteiger partial charge in [-0.05, 0) is 24.3 Å².